The molecule has 0 heterocycles. The quantitative estimate of drug-likeness (QED) is 0.656. The van der Waals surface area contributed by atoms with Gasteiger partial charge in [-0.2, -0.15) is 0 Å². The molecule has 1 atom stereocenters. The smallest absolute Gasteiger partial charge is 0.251 e. The monoisotopic (exact) mass is 383 g/mol. The highest BCUT2D eigenvalue weighted by Gasteiger charge is 2.19. The zero-order chi connectivity index (χ0) is 20.7. The molecule has 1 amide bonds. The number of hydrogen-bond acceptors (Lipinski definition) is 3. The predicted molar refractivity (Wildman–Crippen MR) is 114 cm³/mol. The van der Waals surface area contributed by atoms with Gasteiger partial charge in [-0.3, -0.25) is 4.79 Å². The normalized spacial score (nSPS) is 12.4. The number of ether oxygens (including phenoxy) is 2. The molecule has 0 aliphatic heterocycles. The summed E-state index contributed by atoms with van der Waals surface area (Å²) in [4.78, 5) is 12.5. The number of amides is 1. The van der Waals surface area contributed by atoms with Gasteiger partial charge >= 0.3 is 0 Å². The largest absolute Gasteiger partial charge is 0.493 e. The molecule has 1 unspecified atom stereocenters. The highest BCUT2D eigenvalue weighted by atomic mass is 16.5. The van der Waals surface area contributed by atoms with E-state index in [4.69, 9.17) is 9.47 Å². The van der Waals surface area contributed by atoms with E-state index in [0.717, 1.165) is 29.0 Å². The highest BCUT2D eigenvalue weighted by molar-refractivity contribution is 5.94. The summed E-state index contributed by atoms with van der Waals surface area (Å²) in [6.45, 7) is 13.4. The van der Waals surface area contributed by atoms with Crippen LogP contribution in [-0.2, 0) is 12.0 Å². The van der Waals surface area contributed by atoms with Crippen LogP contribution in [0.15, 0.2) is 42.5 Å². The first-order valence-electron chi connectivity index (χ1n) is 10.0. The third kappa shape index (κ3) is 5.75. The molecule has 0 fully saturated rings. The molecule has 2 rings (SSSR count). The van der Waals surface area contributed by atoms with Crippen LogP contribution >= 0.6 is 0 Å². The van der Waals surface area contributed by atoms with E-state index >= 15 is 0 Å². The maximum absolute atomic E-state index is 12.5. The number of carbonyl (C=O) groups is 1. The molecule has 0 saturated heterocycles. The van der Waals surface area contributed by atoms with Crippen molar-refractivity contribution in [2.24, 2.45) is 0 Å². The molecule has 152 valence electrons. The van der Waals surface area contributed by atoms with Crippen molar-refractivity contribution in [3.63, 3.8) is 0 Å². The van der Waals surface area contributed by atoms with Crippen molar-refractivity contribution in [2.75, 3.05) is 6.61 Å². The van der Waals surface area contributed by atoms with Crippen molar-refractivity contribution in [3.05, 3.63) is 59.2 Å². The minimum atomic E-state index is -0.0752. The Morgan fingerprint density at radius 3 is 2.39 bits per heavy atom. The van der Waals surface area contributed by atoms with Gasteiger partial charge in [-0.25, -0.2) is 0 Å². The van der Waals surface area contributed by atoms with Gasteiger partial charge in [-0.05, 0) is 55.5 Å². The molecule has 0 spiro atoms. The number of nitrogens with one attached hydrogen (secondary N) is 1. The van der Waals surface area contributed by atoms with Gasteiger partial charge < -0.3 is 14.8 Å². The summed E-state index contributed by atoms with van der Waals surface area (Å²) in [5.41, 5.74) is 2.62. The minimum absolute atomic E-state index is 0.0165. The Bertz CT molecular complexity index is 793. The van der Waals surface area contributed by atoms with E-state index in [0.29, 0.717) is 18.8 Å². The average molecular weight is 384 g/mol. The molecule has 4 heteroatoms. The molecule has 0 aliphatic carbocycles. The summed E-state index contributed by atoms with van der Waals surface area (Å²) in [7, 11) is 0. The summed E-state index contributed by atoms with van der Waals surface area (Å²) >= 11 is 0. The second kappa shape index (κ2) is 9.63. The summed E-state index contributed by atoms with van der Waals surface area (Å²) in [6.07, 6.45) is 0.891. The maximum atomic E-state index is 12.5. The molecule has 2 aromatic carbocycles. The first-order chi connectivity index (χ1) is 13.3. The van der Waals surface area contributed by atoms with Gasteiger partial charge in [0, 0.05) is 17.2 Å². The van der Waals surface area contributed by atoms with Crippen LogP contribution in [0, 0.1) is 0 Å². The Hall–Kier alpha value is -2.49. The van der Waals surface area contributed by atoms with Crippen LogP contribution in [0.3, 0.4) is 0 Å². The van der Waals surface area contributed by atoms with Gasteiger partial charge in [0.25, 0.3) is 5.91 Å². The molecule has 28 heavy (non-hydrogen) atoms. The second-order valence-corrected chi connectivity index (χ2v) is 8.07. The predicted octanol–water partition coefficient (Wildman–Crippen LogP) is 5.49. The lowest BCUT2D eigenvalue weighted by Crippen LogP contribution is -2.32. The van der Waals surface area contributed by atoms with Crippen molar-refractivity contribution in [1.29, 1.82) is 0 Å². The highest BCUT2D eigenvalue weighted by Crippen LogP contribution is 2.32. The summed E-state index contributed by atoms with van der Waals surface area (Å²) in [6, 6.07) is 13.7. The van der Waals surface area contributed by atoms with Crippen molar-refractivity contribution in [2.45, 2.75) is 66.0 Å². The topological polar surface area (TPSA) is 47.6 Å². The SMILES string of the molecule is CCOc1ccc(C(=O)NC(C)CC)cc1COc1ccccc1C(C)(C)C. The van der Waals surface area contributed by atoms with Crippen molar-refractivity contribution in [3.8, 4) is 11.5 Å². The molecule has 2 aromatic rings. The average Bonchev–Trinajstić information content (AvgIpc) is 2.66. The van der Waals surface area contributed by atoms with Crippen LogP contribution in [0.2, 0.25) is 0 Å². The molecule has 0 aromatic heterocycles. The summed E-state index contributed by atoms with van der Waals surface area (Å²) in [5.74, 6) is 1.52. The standard InChI is InChI=1S/C24H33NO3/c1-7-17(3)25-23(26)18-13-14-21(27-8-2)19(15-18)16-28-22-12-10-9-11-20(22)24(4,5)6/h9-15,17H,7-8,16H2,1-6H3,(H,25,26). The van der Waals surface area contributed by atoms with Crippen LogP contribution < -0.4 is 14.8 Å². The number of para-hydroxylation sites is 1. The Labute approximate surface area is 169 Å². The zero-order valence-corrected chi connectivity index (χ0v) is 18.0. The van der Waals surface area contributed by atoms with Gasteiger partial charge in [0.1, 0.15) is 18.1 Å². The van der Waals surface area contributed by atoms with E-state index in [1.54, 1.807) is 6.07 Å². The van der Waals surface area contributed by atoms with Gasteiger partial charge in [0.15, 0.2) is 0 Å². The van der Waals surface area contributed by atoms with E-state index in [9.17, 15) is 4.79 Å². The molecular formula is C24H33NO3. The first-order valence-corrected chi connectivity index (χ1v) is 10.0. The van der Waals surface area contributed by atoms with Gasteiger partial charge in [-0.1, -0.05) is 45.9 Å². The van der Waals surface area contributed by atoms with E-state index in [1.165, 1.54) is 0 Å². The number of hydrogen-bond donors (Lipinski definition) is 1. The first kappa shape index (κ1) is 21.8. The molecule has 0 radical (unpaired) electrons. The second-order valence-electron chi connectivity index (χ2n) is 8.07. The Balaban J connectivity index is 2.26. The molecule has 0 saturated carbocycles. The van der Waals surface area contributed by atoms with E-state index in [2.05, 4.69) is 39.1 Å². The van der Waals surface area contributed by atoms with Crippen LogP contribution in [0.5, 0.6) is 11.5 Å². The van der Waals surface area contributed by atoms with Crippen molar-refractivity contribution < 1.29 is 14.3 Å². The fourth-order valence-corrected chi connectivity index (χ4v) is 2.91. The fourth-order valence-electron chi connectivity index (χ4n) is 2.91. The van der Waals surface area contributed by atoms with Gasteiger partial charge in [0.05, 0.1) is 6.61 Å². The van der Waals surface area contributed by atoms with Crippen molar-refractivity contribution >= 4 is 5.91 Å². The molecule has 1 N–H and O–H groups in total. The van der Waals surface area contributed by atoms with E-state index in [-0.39, 0.29) is 17.4 Å². The van der Waals surface area contributed by atoms with E-state index in [1.807, 2.05) is 44.2 Å². The van der Waals surface area contributed by atoms with Crippen LogP contribution in [0.25, 0.3) is 0 Å². The van der Waals surface area contributed by atoms with Gasteiger partial charge in [-0.15, -0.1) is 0 Å². The lowest BCUT2D eigenvalue weighted by atomic mass is 9.86. The third-order valence-corrected chi connectivity index (χ3v) is 4.69. The summed E-state index contributed by atoms with van der Waals surface area (Å²) in [5, 5.41) is 3.01. The Morgan fingerprint density at radius 1 is 1.04 bits per heavy atom. The third-order valence-electron chi connectivity index (χ3n) is 4.69. The minimum Gasteiger partial charge on any atom is -0.493 e. The van der Waals surface area contributed by atoms with Crippen LogP contribution in [0.4, 0.5) is 0 Å². The molecule has 0 bridgehead atoms. The zero-order valence-electron chi connectivity index (χ0n) is 18.0. The lowest BCUT2D eigenvalue weighted by molar-refractivity contribution is 0.0939. The maximum Gasteiger partial charge on any atom is 0.251 e. The fraction of sp³-hybridized carbons (Fsp3) is 0.458. The Kier molecular flexibility index (Phi) is 7.50. The number of carbonyl (C=O) groups excluding carboxylic acids is 1. The van der Waals surface area contributed by atoms with E-state index < -0.39 is 0 Å². The van der Waals surface area contributed by atoms with Crippen LogP contribution in [0.1, 0.15) is 69.4 Å². The summed E-state index contributed by atoms with van der Waals surface area (Å²) < 4.78 is 11.9. The number of benzene rings is 2. The molecule has 4 nitrogen and oxygen atoms in total. The molecule has 0 aliphatic rings. The Morgan fingerprint density at radius 2 is 1.75 bits per heavy atom. The van der Waals surface area contributed by atoms with Crippen LogP contribution in [-0.4, -0.2) is 18.6 Å². The molecular weight excluding hydrogens is 350 g/mol. The van der Waals surface area contributed by atoms with Gasteiger partial charge in [0.2, 0.25) is 0 Å². The van der Waals surface area contributed by atoms with Crippen molar-refractivity contribution in [1.82, 2.24) is 5.32 Å². The lowest BCUT2D eigenvalue weighted by Gasteiger charge is -2.23. The number of rotatable bonds is 8.